The lowest BCUT2D eigenvalue weighted by Crippen LogP contribution is -2.17. The van der Waals surface area contributed by atoms with E-state index in [1.165, 1.54) is 0 Å². The van der Waals surface area contributed by atoms with Gasteiger partial charge >= 0.3 is 0 Å². The fourth-order valence-corrected chi connectivity index (χ4v) is 2.15. The molecule has 1 N–H and O–H groups in total. The maximum Gasteiger partial charge on any atom is 0.178 e. The van der Waals surface area contributed by atoms with Gasteiger partial charge in [0.2, 0.25) is 0 Å². The fraction of sp³-hybridized carbons (Fsp3) is 0.357. The molecule has 3 rings (SSSR count). The monoisotopic (exact) mass is 287 g/mol. The molecule has 0 bridgehead atoms. The van der Waals surface area contributed by atoms with Crippen LogP contribution in [0.25, 0.3) is 5.65 Å². The molecule has 0 aliphatic carbocycles. The molecule has 0 aliphatic heterocycles. The smallest absolute Gasteiger partial charge is 0.178 e. The highest BCUT2D eigenvalue weighted by Gasteiger charge is 2.16. The van der Waals surface area contributed by atoms with Crippen LogP contribution in [0.3, 0.4) is 0 Å². The molecule has 0 aromatic carbocycles. The van der Waals surface area contributed by atoms with Gasteiger partial charge in [-0.3, -0.25) is 0 Å². The van der Waals surface area contributed by atoms with E-state index in [1.54, 1.807) is 11.6 Å². The highest BCUT2D eigenvalue weighted by Crippen LogP contribution is 2.21. The van der Waals surface area contributed by atoms with Gasteiger partial charge < -0.3 is 14.5 Å². The highest BCUT2D eigenvalue weighted by molar-refractivity contribution is 5.44. The molecule has 21 heavy (non-hydrogen) atoms. The second-order valence-electron chi connectivity index (χ2n) is 4.84. The summed E-state index contributed by atoms with van der Waals surface area (Å²) >= 11 is 0. The van der Waals surface area contributed by atoms with Gasteiger partial charge in [-0.25, -0.2) is 0 Å². The average Bonchev–Trinajstić information content (AvgIpc) is 3.06. The van der Waals surface area contributed by atoms with Gasteiger partial charge in [-0.05, 0) is 38.1 Å². The van der Waals surface area contributed by atoms with Crippen molar-refractivity contribution in [2.24, 2.45) is 0 Å². The largest absolute Gasteiger partial charge is 0.464 e. The summed E-state index contributed by atoms with van der Waals surface area (Å²) in [6.45, 7) is 4.26. The quantitative estimate of drug-likeness (QED) is 0.774. The van der Waals surface area contributed by atoms with Crippen molar-refractivity contribution in [3.63, 3.8) is 0 Å². The Labute approximate surface area is 121 Å². The van der Waals surface area contributed by atoms with Crippen LogP contribution in [-0.2, 0) is 4.74 Å². The third-order valence-electron chi connectivity index (χ3n) is 3.18. The van der Waals surface area contributed by atoms with Crippen LogP contribution in [0.15, 0.2) is 28.7 Å². The Morgan fingerprint density at radius 1 is 1.24 bits per heavy atom. The van der Waals surface area contributed by atoms with Crippen molar-refractivity contribution in [2.75, 3.05) is 19.0 Å². The van der Waals surface area contributed by atoms with Gasteiger partial charge in [0, 0.05) is 7.11 Å². The number of nitrogens with zero attached hydrogens (tertiary/aromatic N) is 4. The first kappa shape index (κ1) is 13.6. The third-order valence-corrected chi connectivity index (χ3v) is 3.18. The van der Waals surface area contributed by atoms with E-state index in [-0.39, 0.29) is 6.04 Å². The molecule has 0 aliphatic rings. The molecule has 1 unspecified atom stereocenters. The molecular weight excluding hydrogens is 270 g/mol. The maximum absolute atomic E-state index is 5.66. The molecule has 0 saturated heterocycles. The topological polar surface area (TPSA) is 77.5 Å². The summed E-state index contributed by atoms with van der Waals surface area (Å²) in [7, 11) is 1.66. The van der Waals surface area contributed by atoms with Gasteiger partial charge in [0.15, 0.2) is 11.5 Å². The SMILES string of the molecule is COCC(Nc1ccc2nnc(C)n2n1)c1ccc(C)o1. The Morgan fingerprint density at radius 3 is 2.81 bits per heavy atom. The van der Waals surface area contributed by atoms with E-state index in [2.05, 4.69) is 20.6 Å². The number of aryl methyl sites for hydroxylation is 2. The molecule has 0 amide bonds. The molecule has 3 heterocycles. The van der Waals surface area contributed by atoms with Crippen LogP contribution in [-0.4, -0.2) is 33.5 Å². The van der Waals surface area contributed by atoms with E-state index in [0.717, 1.165) is 23.0 Å². The number of fused-ring (bicyclic) bond motifs is 1. The maximum atomic E-state index is 5.66. The number of ether oxygens (including phenoxy) is 1. The van der Waals surface area contributed by atoms with Gasteiger partial charge in [0.25, 0.3) is 0 Å². The molecule has 7 heteroatoms. The van der Waals surface area contributed by atoms with Crippen molar-refractivity contribution >= 4 is 11.5 Å². The summed E-state index contributed by atoms with van der Waals surface area (Å²) in [5, 5.41) is 15.8. The third kappa shape index (κ3) is 2.73. The molecule has 0 spiro atoms. The lowest BCUT2D eigenvalue weighted by molar-refractivity contribution is 0.178. The van der Waals surface area contributed by atoms with Gasteiger partial charge in [0.1, 0.15) is 23.4 Å². The van der Waals surface area contributed by atoms with Crippen LogP contribution >= 0.6 is 0 Å². The number of rotatable bonds is 5. The number of aromatic nitrogens is 4. The van der Waals surface area contributed by atoms with Crippen molar-refractivity contribution in [1.29, 1.82) is 0 Å². The van der Waals surface area contributed by atoms with Crippen LogP contribution in [0.2, 0.25) is 0 Å². The second kappa shape index (κ2) is 5.53. The van der Waals surface area contributed by atoms with Crippen molar-refractivity contribution < 1.29 is 9.15 Å². The van der Waals surface area contributed by atoms with Gasteiger partial charge in [-0.15, -0.1) is 15.3 Å². The predicted molar refractivity (Wildman–Crippen MR) is 77.2 cm³/mol. The first-order valence-corrected chi connectivity index (χ1v) is 6.68. The Hall–Kier alpha value is -2.41. The number of hydrogen-bond donors (Lipinski definition) is 1. The zero-order chi connectivity index (χ0) is 14.8. The Balaban J connectivity index is 1.88. The van der Waals surface area contributed by atoms with Gasteiger partial charge in [-0.1, -0.05) is 0 Å². The normalized spacial score (nSPS) is 12.7. The minimum atomic E-state index is -0.106. The van der Waals surface area contributed by atoms with Crippen LogP contribution in [0, 0.1) is 13.8 Å². The fourth-order valence-electron chi connectivity index (χ4n) is 2.15. The number of nitrogens with one attached hydrogen (secondary N) is 1. The summed E-state index contributed by atoms with van der Waals surface area (Å²) in [4.78, 5) is 0. The number of anilines is 1. The van der Waals surface area contributed by atoms with Crippen molar-refractivity contribution in [3.05, 3.63) is 41.6 Å². The molecule has 0 radical (unpaired) electrons. The van der Waals surface area contributed by atoms with E-state index in [0.29, 0.717) is 12.4 Å². The lowest BCUT2D eigenvalue weighted by Gasteiger charge is -2.16. The van der Waals surface area contributed by atoms with E-state index >= 15 is 0 Å². The Bertz CT molecular complexity index is 749. The number of furan rings is 1. The first-order valence-electron chi connectivity index (χ1n) is 6.68. The van der Waals surface area contributed by atoms with E-state index in [4.69, 9.17) is 9.15 Å². The summed E-state index contributed by atoms with van der Waals surface area (Å²) < 4.78 is 12.6. The summed E-state index contributed by atoms with van der Waals surface area (Å²) in [6.07, 6.45) is 0. The van der Waals surface area contributed by atoms with Gasteiger partial charge in [0.05, 0.1) is 6.61 Å². The molecule has 3 aromatic heterocycles. The Morgan fingerprint density at radius 2 is 2.10 bits per heavy atom. The molecule has 0 fully saturated rings. The number of methoxy groups -OCH3 is 1. The van der Waals surface area contributed by atoms with Gasteiger partial charge in [-0.2, -0.15) is 4.52 Å². The first-order chi connectivity index (χ1) is 10.2. The average molecular weight is 287 g/mol. The predicted octanol–water partition coefficient (Wildman–Crippen LogP) is 2.13. The van der Waals surface area contributed by atoms with Crippen molar-refractivity contribution in [3.8, 4) is 0 Å². The second-order valence-corrected chi connectivity index (χ2v) is 4.84. The molecular formula is C14H17N5O2. The van der Waals surface area contributed by atoms with Crippen LogP contribution in [0.1, 0.15) is 23.4 Å². The van der Waals surface area contributed by atoms with Crippen molar-refractivity contribution in [2.45, 2.75) is 19.9 Å². The van der Waals surface area contributed by atoms with E-state index in [1.807, 2.05) is 38.1 Å². The molecule has 110 valence electrons. The zero-order valence-electron chi connectivity index (χ0n) is 12.2. The summed E-state index contributed by atoms with van der Waals surface area (Å²) in [6, 6.07) is 7.49. The van der Waals surface area contributed by atoms with Crippen LogP contribution < -0.4 is 5.32 Å². The van der Waals surface area contributed by atoms with Crippen LogP contribution in [0.5, 0.6) is 0 Å². The van der Waals surface area contributed by atoms with Crippen LogP contribution in [0.4, 0.5) is 5.82 Å². The number of hydrogen-bond acceptors (Lipinski definition) is 6. The summed E-state index contributed by atoms with van der Waals surface area (Å²) in [5.74, 6) is 3.13. The highest BCUT2D eigenvalue weighted by atomic mass is 16.5. The minimum Gasteiger partial charge on any atom is -0.464 e. The molecule has 1 atom stereocenters. The van der Waals surface area contributed by atoms with Crippen molar-refractivity contribution in [1.82, 2.24) is 19.8 Å². The molecule has 3 aromatic rings. The summed E-state index contributed by atoms with van der Waals surface area (Å²) in [5.41, 5.74) is 0.718. The molecule has 0 saturated carbocycles. The minimum absolute atomic E-state index is 0.106. The lowest BCUT2D eigenvalue weighted by atomic mass is 10.2. The van der Waals surface area contributed by atoms with E-state index < -0.39 is 0 Å². The Kier molecular flexibility index (Phi) is 3.57. The zero-order valence-corrected chi connectivity index (χ0v) is 12.2. The molecule has 7 nitrogen and oxygen atoms in total. The standard InChI is InChI=1S/C14H17N5O2/c1-9-4-5-12(21-9)11(8-20-3)15-13-6-7-14-17-16-10(2)19(14)18-13/h4-7,11H,8H2,1-3H3,(H,15,18). The van der Waals surface area contributed by atoms with E-state index in [9.17, 15) is 0 Å².